The number of benzene rings is 1. The molecule has 0 aliphatic rings. The van der Waals surface area contributed by atoms with Gasteiger partial charge in [0.05, 0.1) is 22.1 Å². The summed E-state index contributed by atoms with van der Waals surface area (Å²) >= 11 is 5.99. The Morgan fingerprint density at radius 2 is 1.95 bits per heavy atom. The van der Waals surface area contributed by atoms with Crippen LogP contribution in [-0.4, -0.2) is 14.7 Å². The second kappa shape index (κ2) is 5.14. The van der Waals surface area contributed by atoms with Gasteiger partial charge in [0.1, 0.15) is 11.6 Å². The van der Waals surface area contributed by atoms with Gasteiger partial charge in [-0.05, 0) is 31.2 Å². The molecule has 0 radical (unpaired) electrons. The topological polar surface area (TPSA) is 57.0 Å². The summed E-state index contributed by atoms with van der Waals surface area (Å²) in [5, 5.41) is 0.417. The van der Waals surface area contributed by atoms with Gasteiger partial charge in [0, 0.05) is 6.20 Å². The van der Waals surface area contributed by atoms with Crippen LogP contribution in [0, 0.1) is 12.7 Å². The predicted molar refractivity (Wildman–Crippen MR) is 76.0 cm³/mol. The predicted octanol–water partition coefficient (Wildman–Crippen LogP) is 2.73. The van der Waals surface area contributed by atoms with E-state index in [0.29, 0.717) is 17.1 Å². The van der Waals surface area contributed by atoms with Crippen LogP contribution in [-0.2, 0) is 0 Å². The summed E-state index contributed by atoms with van der Waals surface area (Å²) in [4.78, 5) is 26.0. The molecule has 3 rings (SSSR count). The maximum Gasteiger partial charge on any atom is 0.296 e. The van der Waals surface area contributed by atoms with E-state index in [9.17, 15) is 9.18 Å². The van der Waals surface area contributed by atoms with E-state index in [1.54, 1.807) is 6.92 Å². The van der Waals surface area contributed by atoms with Crippen LogP contribution in [0.3, 0.4) is 0 Å². The quantitative estimate of drug-likeness (QED) is 0.730. The fourth-order valence-corrected chi connectivity index (χ4v) is 2.13. The van der Waals surface area contributed by atoms with Gasteiger partial charge < -0.3 is 4.84 Å². The Hall–Kier alpha value is -2.47. The highest BCUT2D eigenvalue weighted by Crippen LogP contribution is 2.18. The normalized spacial score (nSPS) is 10.8. The Morgan fingerprint density at radius 1 is 1.24 bits per heavy atom. The summed E-state index contributed by atoms with van der Waals surface area (Å²) in [5.74, 6) is 0.256. The third-order valence-electron chi connectivity index (χ3n) is 2.86. The van der Waals surface area contributed by atoms with Crippen LogP contribution >= 0.6 is 11.6 Å². The Balaban J connectivity index is 2.16. The fraction of sp³-hybridized carbons (Fsp3) is 0.0714. The molecule has 0 unspecified atom stereocenters. The van der Waals surface area contributed by atoms with Gasteiger partial charge in [-0.25, -0.2) is 9.37 Å². The minimum absolute atomic E-state index is 0.196. The van der Waals surface area contributed by atoms with Gasteiger partial charge in [0.15, 0.2) is 5.75 Å². The molecular weight excluding hydrogens is 297 g/mol. The molecule has 0 bridgehead atoms. The van der Waals surface area contributed by atoms with Crippen molar-refractivity contribution in [2.24, 2.45) is 0 Å². The van der Waals surface area contributed by atoms with Gasteiger partial charge in [-0.1, -0.05) is 11.6 Å². The van der Waals surface area contributed by atoms with Gasteiger partial charge >= 0.3 is 0 Å². The maximum absolute atomic E-state index is 12.9. The van der Waals surface area contributed by atoms with E-state index in [-0.39, 0.29) is 10.4 Å². The highest BCUT2D eigenvalue weighted by Gasteiger charge is 2.13. The van der Waals surface area contributed by atoms with Crippen molar-refractivity contribution in [2.75, 3.05) is 0 Å². The molecule has 2 aromatic heterocycles. The lowest BCUT2D eigenvalue weighted by Crippen LogP contribution is -2.28. The molecule has 0 saturated carbocycles. The molecule has 0 N–H and O–H groups in total. The number of fused-ring (bicyclic) bond motifs is 1. The van der Waals surface area contributed by atoms with E-state index in [4.69, 9.17) is 16.4 Å². The average Bonchev–Trinajstić information content (AvgIpc) is 2.45. The number of pyridine rings is 1. The minimum atomic E-state index is -0.450. The largest absolute Gasteiger partial charge is 0.370 e. The van der Waals surface area contributed by atoms with Gasteiger partial charge in [-0.15, -0.1) is 4.73 Å². The van der Waals surface area contributed by atoms with Crippen molar-refractivity contribution >= 4 is 22.5 Å². The van der Waals surface area contributed by atoms with Crippen LogP contribution in [0.15, 0.2) is 41.5 Å². The molecule has 106 valence electrons. The Kier molecular flexibility index (Phi) is 3.31. The number of halogens is 2. The third-order valence-corrected chi connectivity index (χ3v) is 3.15. The molecule has 0 atom stereocenters. The highest BCUT2D eigenvalue weighted by atomic mass is 35.5. The molecular formula is C14H9ClFN3O2. The van der Waals surface area contributed by atoms with E-state index in [0.717, 1.165) is 4.73 Å². The van der Waals surface area contributed by atoms with Gasteiger partial charge in [-0.3, -0.25) is 9.78 Å². The molecule has 0 saturated heterocycles. The minimum Gasteiger partial charge on any atom is -0.370 e. The van der Waals surface area contributed by atoms with Crippen molar-refractivity contribution in [3.63, 3.8) is 0 Å². The van der Waals surface area contributed by atoms with Crippen molar-refractivity contribution in [3.8, 4) is 5.75 Å². The first-order valence-corrected chi connectivity index (χ1v) is 6.41. The zero-order chi connectivity index (χ0) is 15.0. The maximum atomic E-state index is 12.9. The number of rotatable bonds is 2. The summed E-state index contributed by atoms with van der Waals surface area (Å²) in [7, 11) is 0. The van der Waals surface area contributed by atoms with Crippen molar-refractivity contribution in [2.45, 2.75) is 6.92 Å². The first-order valence-electron chi connectivity index (χ1n) is 6.03. The zero-order valence-corrected chi connectivity index (χ0v) is 11.6. The standard InChI is InChI=1S/C14H9ClFN3O2/c1-8-18-12-7-17-6-11(15)13(12)14(20)19(8)21-10-4-2-9(16)3-5-10/h2-7H,1H3. The Labute approximate surface area is 123 Å². The molecule has 0 amide bonds. The summed E-state index contributed by atoms with van der Waals surface area (Å²) in [6.07, 6.45) is 2.82. The van der Waals surface area contributed by atoms with Crippen LogP contribution < -0.4 is 10.4 Å². The summed E-state index contributed by atoms with van der Waals surface area (Å²) < 4.78 is 13.9. The van der Waals surface area contributed by atoms with E-state index < -0.39 is 11.4 Å². The molecule has 0 spiro atoms. The number of aromatic nitrogens is 3. The third kappa shape index (κ3) is 2.45. The van der Waals surface area contributed by atoms with Crippen molar-refractivity contribution in [1.29, 1.82) is 0 Å². The molecule has 21 heavy (non-hydrogen) atoms. The monoisotopic (exact) mass is 305 g/mol. The Morgan fingerprint density at radius 3 is 2.67 bits per heavy atom. The van der Waals surface area contributed by atoms with Gasteiger partial charge in [-0.2, -0.15) is 0 Å². The first kappa shape index (κ1) is 13.5. The van der Waals surface area contributed by atoms with E-state index in [2.05, 4.69) is 9.97 Å². The smallest absolute Gasteiger partial charge is 0.296 e. The first-order chi connectivity index (χ1) is 10.1. The van der Waals surface area contributed by atoms with E-state index in [1.807, 2.05) is 0 Å². The summed E-state index contributed by atoms with van der Waals surface area (Å²) in [6, 6.07) is 5.31. The van der Waals surface area contributed by atoms with Crippen LogP contribution in [0.25, 0.3) is 10.9 Å². The van der Waals surface area contributed by atoms with Crippen molar-refractivity contribution in [3.05, 3.63) is 63.7 Å². The SMILES string of the molecule is Cc1nc2cncc(Cl)c2c(=O)n1Oc1ccc(F)cc1. The summed E-state index contributed by atoms with van der Waals surface area (Å²) in [5.41, 5.74) is -0.0572. The molecule has 0 aliphatic heterocycles. The second-order valence-electron chi connectivity index (χ2n) is 4.32. The number of aryl methyl sites for hydroxylation is 1. The molecule has 2 heterocycles. The van der Waals surface area contributed by atoms with Crippen molar-refractivity contribution in [1.82, 2.24) is 14.7 Å². The highest BCUT2D eigenvalue weighted by molar-refractivity contribution is 6.35. The molecule has 1 aromatic carbocycles. The van der Waals surface area contributed by atoms with Crippen molar-refractivity contribution < 1.29 is 9.23 Å². The summed E-state index contributed by atoms with van der Waals surface area (Å²) in [6.45, 7) is 1.62. The van der Waals surface area contributed by atoms with Crippen LogP contribution in [0.1, 0.15) is 5.82 Å². The number of hydrogen-bond acceptors (Lipinski definition) is 4. The lowest BCUT2D eigenvalue weighted by atomic mass is 10.3. The molecule has 7 heteroatoms. The van der Waals surface area contributed by atoms with Crippen LogP contribution in [0.4, 0.5) is 4.39 Å². The van der Waals surface area contributed by atoms with Crippen LogP contribution in [0.2, 0.25) is 5.02 Å². The second-order valence-corrected chi connectivity index (χ2v) is 4.73. The van der Waals surface area contributed by atoms with E-state index in [1.165, 1.54) is 36.7 Å². The lowest BCUT2D eigenvalue weighted by Gasteiger charge is -2.11. The zero-order valence-electron chi connectivity index (χ0n) is 10.9. The number of hydrogen-bond donors (Lipinski definition) is 0. The average molecular weight is 306 g/mol. The molecule has 0 aliphatic carbocycles. The van der Waals surface area contributed by atoms with Gasteiger partial charge in [0.2, 0.25) is 0 Å². The van der Waals surface area contributed by atoms with Crippen LogP contribution in [0.5, 0.6) is 5.75 Å². The lowest BCUT2D eigenvalue weighted by molar-refractivity contribution is 0.195. The molecule has 0 fully saturated rings. The van der Waals surface area contributed by atoms with Gasteiger partial charge in [0.25, 0.3) is 5.56 Å². The Bertz CT molecular complexity index is 878. The molecule has 3 aromatic rings. The fourth-order valence-electron chi connectivity index (χ4n) is 1.90. The number of nitrogens with zero attached hydrogens (tertiary/aromatic N) is 3. The van der Waals surface area contributed by atoms with E-state index >= 15 is 0 Å². The molecule has 5 nitrogen and oxygen atoms in total.